The molecular weight excluding hydrogens is 382 g/mol. The lowest BCUT2D eigenvalue weighted by atomic mass is 10.1. The first-order chi connectivity index (χ1) is 14.3. The molecule has 1 aliphatic rings. The van der Waals surface area contributed by atoms with Crippen LogP contribution in [0.4, 0.5) is 5.82 Å². The van der Waals surface area contributed by atoms with E-state index >= 15 is 0 Å². The van der Waals surface area contributed by atoms with E-state index in [2.05, 4.69) is 14.9 Å². The molecule has 1 fully saturated rings. The monoisotopic (exact) mass is 411 g/mol. The zero-order valence-corrected chi connectivity index (χ0v) is 18.1. The van der Waals surface area contributed by atoms with Crippen LogP contribution < -0.4 is 21.9 Å². The average molecular weight is 412 g/mol. The topological polar surface area (TPSA) is 104 Å². The van der Waals surface area contributed by atoms with Gasteiger partial charge in [-0.1, -0.05) is 0 Å². The molecule has 160 valence electrons. The summed E-state index contributed by atoms with van der Waals surface area (Å²) in [6.07, 6.45) is 2.02. The van der Waals surface area contributed by atoms with Crippen molar-refractivity contribution in [2.45, 2.75) is 52.7 Å². The molecule has 0 amide bonds. The fourth-order valence-electron chi connectivity index (χ4n) is 4.45. The Hall–Kier alpha value is -2.94. The maximum Gasteiger partial charge on any atom is 0.331 e. The molecule has 0 radical (unpaired) electrons. The molecule has 1 saturated heterocycles. The van der Waals surface area contributed by atoms with Crippen molar-refractivity contribution in [1.29, 1.82) is 0 Å². The summed E-state index contributed by atoms with van der Waals surface area (Å²) in [7, 11) is 1.70. The molecule has 0 unspecified atom stereocenters. The third-order valence-electron chi connectivity index (χ3n) is 5.81. The van der Waals surface area contributed by atoms with Crippen LogP contribution in [0.3, 0.4) is 0 Å². The summed E-state index contributed by atoms with van der Waals surface area (Å²) in [5.41, 5.74) is 8.28. The van der Waals surface area contributed by atoms with E-state index in [1.54, 1.807) is 11.6 Å². The highest BCUT2D eigenvalue weighted by atomic mass is 16.2. The van der Waals surface area contributed by atoms with Gasteiger partial charge < -0.3 is 15.2 Å². The van der Waals surface area contributed by atoms with Crippen LogP contribution in [0.25, 0.3) is 11.0 Å². The minimum absolute atomic E-state index is 0.0444. The second-order valence-corrected chi connectivity index (χ2v) is 8.13. The van der Waals surface area contributed by atoms with Gasteiger partial charge >= 0.3 is 5.69 Å². The maximum absolute atomic E-state index is 13.4. The summed E-state index contributed by atoms with van der Waals surface area (Å²) in [5, 5.41) is 0. The molecule has 1 atom stereocenters. The minimum Gasteiger partial charge on any atom is -0.356 e. The second kappa shape index (κ2) is 7.71. The lowest BCUT2D eigenvalue weighted by Gasteiger charge is -2.33. The lowest BCUT2D eigenvalue weighted by Crippen LogP contribution is -2.43. The van der Waals surface area contributed by atoms with Gasteiger partial charge in [-0.25, -0.2) is 14.8 Å². The molecule has 0 bridgehead atoms. The fourth-order valence-corrected chi connectivity index (χ4v) is 4.45. The lowest BCUT2D eigenvalue weighted by molar-refractivity contribution is 0.498. The van der Waals surface area contributed by atoms with Gasteiger partial charge in [0.2, 0.25) is 0 Å². The summed E-state index contributed by atoms with van der Waals surface area (Å²) in [6.45, 7) is 8.06. The number of nitrogens with zero attached hydrogens (tertiary/aromatic N) is 6. The van der Waals surface area contributed by atoms with Crippen molar-refractivity contribution in [3.63, 3.8) is 0 Å². The number of aryl methyl sites for hydroxylation is 4. The highest BCUT2D eigenvalue weighted by Crippen LogP contribution is 2.26. The van der Waals surface area contributed by atoms with Gasteiger partial charge in [0.1, 0.15) is 17.2 Å². The third-order valence-corrected chi connectivity index (χ3v) is 5.81. The molecule has 1 aliphatic heterocycles. The normalized spacial score (nSPS) is 17.1. The molecule has 4 rings (SSSR count). The Balaban J connectivity index is 1.89. The Morgan fingerprint density at radius 2 is 1.83 bits per heavy atom. The van der Waals surface area contributed by atoms with Crippen LogP contribution in [0.15, 0.2) is 21.7 Å². The Labute approximate surface area is 174 Å². The number of hydrogen-bond acceptors (Lipinski definition) is 6. The van der Waals surface area contributed by atoms with Crippen molar-refractivity contribution < 1.29 is 0 Å². The summed E-state index contributed by atoms with van der Waals surface area (Å²) in [6, 6.07) is 3.92. The Kier molecular flexibility index (Phi) is 5.23. The molecule has 0 saturated carbocycles. The highest BCUT2D eigenvalue weighted by Gasteiger charge is 2.24. The van der Waals surface area contributed by atoms with E-state index in [1.165, 1.54) is 4.57 Å². The number of piperidine rings is 1. The van der Waals surface area contributed by atoms with Crippen LogP contribution in [0.2, 0.25) is 0 Å². The van der Waals surface area contributed by atoms with E-state index in [-0.39, 0.29) is 23.8 Å². The first-order valence-electron chi connectivity index (χ1n) is 10.4. The van der Waals surface area contributed by atoms with Crippen LogP contribution >= 0.6 is 0 Å². The molecule has 0 spiro atoms. The summed E-state index contributed by atoms with van der Waals surface area (Å²) in [5.74, 6) is 1.40. The van der Waals surface area contributed by atoms with E-state index in [9.17, 15) is 9.59 Å². The van der Waals surface area contributed by atoms with Crippen molar-refractivity contribution in [2.24, 2.45) is 12.8 Å². The van der Waals surface area contributed by atoms with Gasteiger partial charge in [0.15, 0.2) is 0 Å². The molecule has 4 heterocycles. The number of hydrogen-bond donors (Lipinski definition) is 1. The minimum atomic E-state index is -0.370. The van der Waals surface area contributed by atoms with E-state index < -0.39 is 0 Å². The largest absolute Gasteiger partial charge is 0.356 e. The molecule has 3 aromatic rings. The number of nitrogens with two attached hydrogens (primary N) is 1. The number of anilines is 1. The van der Waals surface area contributed by atoms with E-state index in [0.29, 0.717) is 23.4 Å². The van der Waals surface area contributed by atoms with E-state index in [4.69, 9.17) is 5.73 Å². The SMILES string of the molecule is CCn1c(N2CCC[C@@H](N)C2)cc2c1c(=O)n(Cc1nc(C)cc(C)n1)c(=O)n2C. The molecular formula is C21H29N7O2. The summed E-state index contributed by atoms with van der Waals surface area (Å²) >= 11 is 0. The van der Waals surface area contributed by atoms with Crippen LogP contribution in [-0.2, 0) is 20.1 Å². The molecule has 0 aliphatic carbocycles. The molecule has 0 aromatic carbocycles. The van der Waals surface area contributed by atoms with Crippen LogP contribution in [0.1, 0.15) is 37.0 Å². The van der Waals surface area contributed by atoms with Crippen LogP contribution in [0.5, 0.6) is 0 Å². The molecule has 3 aromatic heterocycles. The fraction of sp³-hybridized carbons (Fsp3) is 0.524. The third kappa shape index (κ3) is 3.43. The van der Waals surface area contributed by atoms with Crippen LogP contribution in [0, 0.1) is 13.8 Å². The average Bonchev–Trinajstić information content (AvgIpc) is 3.09. The standard InChI is InChI=1S/C21H29N7O2/c1-5-27-18(26-8-6-7-15(22)11-26)10-16-19(27)20(29)28(21(30)25(16)4)12-17-23-13(2)9-14(3)24-17/h9-10,15H,5-8,11-12,22H2,1-4H3/t15-/m1/s1. The van der Waals surface area contributed by atoms with Crippen molar-refractivity contribution >= 4 is 16.9 Å². The van der Waals surface area contributed by atoms with E-state index in [1.807, 2.05) is 37.5 Å². The first kappa shape index (κ1) is 20.3. The van der Waals surface area contributed by atoms with Gasteiger partial charge in [-0.2, -0.15) is 0 Å². The van der Waals surface area contributed by atoms with Crippen molar-refractivity contribution in [3.05, 3.63) is 50.2 Å². The van der Waals surface area contributed by atoms with Crippen molar-refractivity contribution in [1.82, 2.24) is 23.7 Å². The number of aromatic nitrogens is 5. The van der Waals surface area contributed by atoms with Gasteiger partial charge in [0.05, 0.1) is 12.1 Å². The van der Waals surface area contributed by atoms with Gasteiger partial charge in [-0.3, -0.25) is 13.9 Å². The van der Waals surface area contributed by atoms with E-state index in [0.717, 1.165) is 43.1 Å². The molecule has 2 N–H and O–H groups in total. The Morgan fingerprint density at radius 1 is 1.13 bits per heavy atom. The molecule has 9 nitrogen and oxygen atoms in total. The molecule has 9 heteroatoms. The smallest absolute Gasteiger partial charge is 0.331 e. The van der Waals surface area contributed by atoms with Crippen LogP contribution in [-0.4, -0.2) is 42.8 Å². The van der Waals surface area contributed by atoms with Gasteiger partial charge in [-0.15, -0.1) is 0 Å². The number of rotatable bonds is 4. The quantitative estimate of drug-likeness (QED) is 0.684. The van der Waals surface area contributed by atoms with Crippen molar-refractivity contribution in [2.75, 3.05) is 18.0 Å². The maximum atomic E-state index is 13.4. The predicted molar refractivity (Wildman–Crippen MR) is 117 cm³/mol. The zero-order valence-electron chi connectivity index (χ0n) is 18.1. The van der Waals surface area contributed by atoms with Gasteiger partial charge in [0, 0.05) is 50.2 Å². The summed E-state index contributed by atoms with van der Waals surface area (Å²) < 4.78 is 4.77. The number of fused-ring (bicyclic) bond motifs is 1. The van der Waals surface area contributed by atoms with Gasteiger partial charge in [0.25, 0.3) is 5.56 Å². The predicted octanol–water partition coefficient (Wildman–Crippen LogP) is 0.904. The van der Waals surface area contributed by atoms with Gasteiger partial charge in [-0.05, 0) is 39.7 Å². The second-order valence-electron chi connectivity index (χ2n) is 8.13. The molecule has 30 heavy (non-hydrogen) atoms. The Morgan fingerprint density at radius 3 is 2.47 bits per heavy atom. The van der Waals surface area contributed by atoms with Crippen molar-refractivity contribution in [3.8, 4) is 0 Å². The highest BCUT2D eigenvalue weighted by molar-refractivity contribution is 5.81. The Bertz CT molecular complexity index is 1200. The zero-order chi connectivity index (χ0) is 21.6. The summed E-state index contributed by atoms with van der Waals surface area (Å²) in [4.78, 5) is 37.5. The first-order valence-corrected chi connectivity index (χ1v) is 10.4.